The molecular formula is C32H34Cl2N2O7. The number of hydrogen-bond donors (Lipinski definition) is 1. The Morgan fingerprint density at radius 1 is 0.907 bits per heavy atom. The van der Waals surface area contributed by atoms with Crippen molar-refractivity contribution in [3.8, 4) is 11.5 Å². The molecule has 3 rings (SSSR count). The number of carbonyl (C=O) groups is 3. The van der Waals surface area contributed by atoms with E-state index in [-0.39, 0.29) is 23.1 Å². The number of aryl methyl sites for hydroxylation is 2. The van der Waals surface area contributed by atoms with Crippen LogP contribution in [0.25, 0.3) is 5.57 Å². The van der Waals surface area contributed by atoms with Gasteiger partial charge in [0.1, 0.15) is 11.8 Å². The predicted octanol–water partition coefficient (Wildman–Crippen LogP) is 6.69. The molecular weight excluding hydrogens is 595 g/mol. The Bertz CT molecular complexity index is 1500. The van der Waals surface area contributed by atoms with E-state index in [2.05, 4.69) is 10.3 Å². The number of rotatable bonds is 11. The fourth-order valence-corrected chi connectivity index (χ4v) is 4.23. The van der Waals surface area contributed by atoms with Crippen molar-refractivity contribution in [1.82, 2.24) is 10.3 Å². The Balaban J connectivity index is 1.86. The van der Waals surface area contributed by atoms with Crippen LogP contribution in [-0.2, 0) is 19.1 Å². The summed E-state index contributed by atoms with van der Waals surface area (Å²) in [6, 6.07) is 11.4. The summed E-state index contributed by atoms with van der Waals surface area (Å²) in [6.45, 7) is 9.82. The lowest BCUT2D eigenvalue weighted by Crippen LogP contribution is -2.40. The average molecular weight is 630 g/mol. The summed E-state index contributed by atoms with van der Waals surface area (Å²) < 4.78 is 21.7. The van der Waals surface area contributed by atoms with E-state index in [0.717, 1.165) is 22.3 Å². The number of benzene rings is 2. The van der Waals surface area contributed by atoms with E-state index in [0.29, 0.717) is 21.4 Å². The van der Waals surface area contributed by atoms with Crippen molar-refractivity contribution in [3.05, 3.63) is 92.4 Å². The number of nitrogens with zero attached hydrogens (tertiary/aromatic N) is 1. The quantitative estimate of drug-likeness (QED) is 0.142. The summed E-state index contributed by atoms with van der Waals surface area (Å²) in [5, 5.41) is 3.80. The van der Waals surface area contributed by atoms with Gasteiger partial charge in [-0.1, -0.05) is 49.2 Å². The van der Waals surface area contributed by atoms with E-state index >= 15 is 0 Å². The molecule has 1 atom stereocenters. The average Bonchev–Trinajstić information content (AvgIpc) is 2.96. The van der Waals surface area contributed by atoms with Crippen LogP contribution in [0.15, 0.2) is 54.4 Å². The lowest BCUT2D eigenvalue weighted by atomic mass is 9.94. The van der Waals surface area contributed by atoms with Gasteiger partial charge in [-0.25, -0.2) is 9.78 Å². The van der Waals surface area contributed by atoms with Gasteiger partial charge in [0.2, 0.25) is 6.79 Å². The Kier molecular flexibility index (Phi) is 11.6. The molecule has 0 unspecified atom stereocenters. The van der Waals surface area contributed by atoms with E-state index < -0.39 is 30.7 Å². The number of esters is 2. The molecule has 0 aliphatic rings. The van der Waals surface area contributed by atoms with Crippen LogP contribution >= 0.6 is 23.2 Å². The van der Waals surface area contributed by atoms with Gasteiger partial charge in [0.25, 0.3) is 5.91 Å². The zero-order chi connectivity index (χ0) is 31.8. The van der Waals surface area contributed by atoms with Crippen LogP contribution in [0, 0.1) is 19.8 Å². The van der Waals surface area contributed by atoms with Crippen molar-refractivity contribution >= 4 is 46.6 Å². The largest absolute Gasteiger partial charge is 0.493 e. The van der Waals surface area contributed by atoms with Crippen molar-refractivity contribution < 1.29 is 33.3 Å². The third-order valence-electron chi connectivity index (χ3n) is 6.38. The number of carbonyl (C=O) groups excluding carboxylic acids is 3. The lowest BCUT2D eigenvalue weighted by Gasteiger charge is -2.19. The number of pyridine rings is 1. The molecule has 0 aliphatic heterocycles. The van der Waals surface area contributed by atoms with Crippen LogP contribution < -0.4 is 14.8 Å². The first kappa shape index (κ1) is 33.4. The minimum atomic E-state index is -1.08. The molecule has 0 aliphatic carbocycles. The molecule has 3 aromatic rings. The number of amides is 1. The third kappa shape index (κ3) is 8.49. The van der Waals surface area contributed by atoms with E-state index in [9.17, 15) is 14.4 Å². The smallest absolute Gasteiger partial charge is 0.333 e. The number of hydrogen-bond acceptors (Lipinski definition) is 8. The van der Waals surface area contributed by atoms with Gasteiger partial charge < -0.3 is 24.3 Å². The molecule has 11 heteroatoms. The molecule has 0 radical (unpaired) electrons. The lowest BCUT2D eigenvalue weighted by molar-refractivity contribution is -0.154. The molecule has 1 aromatic heterocycles. The second-order valence-electron chi connectivity index (χ2n) is 10.0. The fraction of sp³-hybridized carbons (Fsp3) is 0.312. The first-order valence-corrected chi connectivity index (χ1v) is 14.2. The number of allylic oxidation sites excluding steroid dienone is 1. The van der Waals surface area contributed by atoms with E-state index in [1.54, 1.807) is 32.9 Å². The van der Waals surface area contributed by atoms with Crippen LogP contribution in [0.1, 0.15) is 60.4 Å². The summed E-state index contributed by atoms with van der Waals surface area (Å²) in [5.41, 5.74) is 3.76. The summed E-state index contributed by atoms with van der Waals surface area (Å²) in [6.07, 6.45) is 1.35. The molecule has 0 saturated heterocycles. The Morgan fingerprint density at radius 3 is 2.00 bits per heavy atom. The Hall–Kier alpha value is -4.08. The van der Waals surface area contributed by atoms with Crippen LogP contribution in [0.5, 0.6) is 11.5 Å². The molecule has 2 aromatic carbocycles. The predicted molar refractivity (Wildman–Crippen MR) is 164 cm³/mol. The Labute approximate surface area is 261 Å². The van der Waals surface area contributed by atoms with Crippen molar-refractivity contribution in [2.45, 2.75) is 47.6 Å². The maximum Gasteiger partial charge on any atom is 0.333 e. The molecule has 9 nitrogen and oxygen atoms in total. The highest BCUT2D eigenvalue weighted by Gasteiger charge is 2.25. The first-order valence-electron chi connectivity index (χ1n) is 13.4. The minimum Gasteiger partial charge on any atom is -0.493 e. The molecule has 0 spiro atoms. The maximum absolute atomic E-state index is 13.2. The van der Waals surface area contributed by atoms with Gasteiger partial charge in [-0.2, -0.15) is 0 Å². The number of nitrogens with one attached hydrogen (secondary N) is 1. The summed E-state index contributed by atoms with van der Waals surface area (Å²) >= 11 is 12.5. The molecule has 0 saturated carbocycles. The Morgan fingerprint density at radius 2 is 1.49 bits per heavy atom. The highest BCUT2D eigenvalue weighted by atomic mass is 35.5. The van der Waals surface area contributed by atoms with Gasteiger partial charge in [0.05, 0.1) is 13.0 Å². The van der Waals surface area contributed by atoms with Gasteiger partial charge in [0.15, 0.2) is 17.2 Å². The van der Waals surface area contributed by atoms with Gasteiger partial charge in [0, 0.05) is 27.9 Å². The zero-order valence-corrected chi connectivity index (χ0v) is 26.6. The van der Waals surface area contributed by atoms with Crippen molar-refractivity contribution in [3.63, 3.8) is 0 Å². The van der Waals surface area contributed by atoms with E-state index in [1.165, 1.54) is 26.3 Å². The topological polar surface area (TPSA) is 113 Å². The number of aromatic nitrogens is 1. The molecule has 43 heavy (non-hydrogen) atoms. The zero-order valence-electron chi connectivity index (χ0n) is 25.0. The third-order valence-corrected chi connectivity index (χ3v) is 7.23. The molecule has 228 valence electrons. The standard InChI is InChI=1S/C32H34Cl2N2O7/c1-17(2)31(38)42-16-41-29-26(40-7)12-13-35-28(29)30(37)36-20(5)32(39)43-21(6)27(22-8-10-24(33)18(3)14-22)23-9-11-25(34)19(4)15-23/h8-15,17,20H,16H2,1-7H3,(H,36,37)/t20-/m0/s1. The summed E-state index contributed by atoms with van der Waals surface area (Å²) in [7, 11) is 1.39. The summed E-state index contributed by atoms with van der Waals surface area (Å²) in [4.78, 5) is 42.3. The van der Waals surface area contributed by atoms with Crippen LogP contribution in [0.4, 0.5) is 0 Å². The van der Waals surface area contributed by atoms with Gasteiger partial charge in [-0.05, 0) is 74.2 Å². The number of methoxy groups -OCH3 is 1. The molecule has 1 amide bonds. The van der Waals surface area contributed by atoms with Crippen molar-refractivity contribution in [2.24, 2.45) is 5.92 Å². The van der Waals surface area contributed by atoms with E-state index in [1.807, 2.05) is 38.1 Å². The number of ether oxygens (including phenoxy) is 4. The van der Waals surface area contributed by atoms with Crippen LogP contribution in [-0.4, -0.2) is 42.8 Å². The van der Waals surface area contributed by atoms with Crippen molar-refractivity contribution in [2.75, 3.05) is 13.9 Å². The monoisotopic (exact) mass is 628 g/mol. The van der Waals surface area contributed by atoms with Gasteiger partial charge in [-0.3, -0.25) is 9.59 Å². The highest BCUT2D eigenvalue weighted by molar-refractivity contribution is 6.31. The van der Waals surface area contributed by atoms with Crippen LogP contribution in [0.2, 0.25) is 10.0 Å². The SMILES string of the molecule is COc1ccnc(C(=O)N[C@@H](C)C(=O)OC(C)=C(c2ccc(Cl)c(C)c2)c2ccc(Cl)c(C)c2)c1OCOC(=O)C(C)C. The summed E-state index contributed by atoms with van der Waals surface area (Å²) in [5.74, 6) is -1.82. The second kappa shape index (κ2) is 14.9. The number of halogens is 2. The normalized spacial score (nSPS) is 11.4. The van der Waals surface area contributed by atoms with Gasteiger partial charge in [-0.15, -0.1) is 0 Å². The first-order chi connectivity index (χ1) is 20.3. The minimum absolute atomic E-state index is 0.0470. The molecule has 0 fully saturated rings. The van der Waals surface area contributed by atoms with Crippen LogP contribution in [0.3, 0.4) is 0 Å². The maximum atomic E-state index is 13.2. The van der Waals surface area contributed by atoms with Crippen molar-refractivity contribution in [1.29, 1.82) is 0 Å². The molecule has 1 heterocycles. The fourth-order valence-electron chi connectivity index (χ4n) is 3.99. The van der Waals surface area contributed by atoms with E-state index in [4.69, 9.17) is 42.1 Å². The molecule has 0 bridgehead atoms. The van der Waals surface area contributed by atoms with Gasteiger partial charge >= 0.3 is 11.9 Å². The second-order valence-corrected chi connectivity index (χ2v) is 10.9. The highest BCUT2D eigenvalue weighted by Crippen LogP contribution is 2.33. The molecule has 1 N–H and O–H groups in total.